The van der Waals surface area contributed by atoms with Crippen LogP contribution in [0.25, 0.3) is 6.08 Å². The molecule has 0 aliphatic carbocycles. The van der Waals surface area contributed by atoms with Crippen molar-refractivity contribution in [1.82, 2.24) is 0 Å². The van der Waals surface area contributed by atoms with Gasteiger partial charge < -0.3 is 47.7 Å². The average Bonchev–Trinajstić information content (AvgIpc) is 0.978. The number of rotatable bonds is 29. The molecule has 0 spiro atoms. The van der Waals surface area contributed by atoms with E-state index in [-0.39, 0.29) is 75.5 Å². The van der Waals surface area contributed by atoms with E-state index in [1.807, 2.05) is 261 Å². The molecule has 10 aromatic rings. The molecule has 1 heterocycles. The third-order valence-electron chi connectivity index (χ3n) is 15.0. The van der Waals surface area contributed by atoms with Crippen LogP contribution in [-0.2, 0) is 76.5 Å². The maximum atomic E-state index is 15.5. The fraction of sp³-hybridized carbons (Fsp3) is 0.182. The summed E-state index contributed by atoms with van der Waals surface area (Å²) in [5.41, 5.74) is 8.06. The highest BCUT2D eigenvalue weighted by atomic mass is 16.6. The molecule has 10 aromatic carbocycles. The summed E-state index contributed by atoms with van der Waals surface area (Å²) in [6.45, 7) is 1.58. The number of allylic oxidation sites excluding steroid dienone is 1. The maximum Gasteiger partial charge on any atom is 0.193 e. The number of hydrogen-bond acceptors (Lipinski definition) is 11. The van der Waals surface area contributed by atoms with Gasteiger partial charge in [-0.2, -0.15) is 0 Å². The number of ether oxygens (including phenoxy) is 9. The van der Waals surface area contributed by atoms with Crippen molar-refractivity contribution < 1.29 is 52.5 Å². The Bertz CT molecular complexity index is 3750. The third kappa shape index (κ3) is 16.7. The molecule has 1 aliphatic rings. The predicted molar refractivity (Wildman–Crippen MR) is 340 cm³/mol. The normalized spacial score (nSPS) is 16.4. The average molecular weight is 1170 g/mol. The van der Waals surface area contributed by atoms with Crippen molar-refractivity contribution >= 4 is 11.9 Å². The first kappa shape index (κ1) is 60.1. The molecule has 1 N–H and O–H groups in total. The molecular weight excluding hydrogens is 1100 g/mol. The van der Waals surface area contributed by atoms with Crippen LogP contribution in [0.2, 0.25) is 0 Å². The largest absolute Gasteiger partial charge is 0.506 e. The van der Waals surface area contributed by atoms with E-state index in [1.165, 1.54) is 6.08 Å². The molecule has 1 fully saturated rings. The molecule has 0 amide bonds. The number of phenols is 1. The van der Waals surface area contributed by atoms with Crippen molar-refractivity contribution in [3.05, 3.63) is 334 Å². The Morgan fingerprint density at radius 3 is 1.18 bits per heavy atom. The standard InChI is InChI=1S/C77H70O11/c78-65(43-41-56-42-44-66(81-48-58-27-11-2-12-28-58)67(45-56)82-49-59-29-13-3-14-30-59)71-68(83-50-60-31-15-4-16-32-60)46-69(84-51-61-33-17-5-18-34-61)72(73(71)79)75-77(87-54-64-39-23-8-24-40-64)76(86-53-63-37-21-7-22-38-63)74(85-52-62-35-19-6-20-36-62)70(88-75)55-80-47-57-25-9-1-10-26-57/h1-46,70,74-77,79H,47-55H2/b43-41+/t70-,74-,75+,76+,77+/m1/s1. The molecular formula is C77H70O11. The second-order valence-corrected chi connectivity index (χ2v) is 21.4. The SMILES string of the molecule is O=C(/C=C/c1ccc(OCc2ccccc2)c(OCc2ccccc2)c1)c1c(OCc2ccccc2)cc(OCc2ccccc2)c([C@@H]2O[C@H](COCc3ccccc3)[C@@H](OCc3ccccc3)[C@H](OCc3ccccc3)[C@H]2OCc2ccccc2)c1O. The second kappa shape index (κ2) is 31.2. The smallest absolute Gasteiger partial charge is 0.193 e. The Labute approximate surface area is 514 Å². The summed E-state index contributed by atoms with van der Waals surface area (Å²) in [5.74, 6) is 0.318. The number of benzene rings is 10. The summed E-state index contributed by atoms with van der Waals surface area (Å²) in [4.78, 5) is 15.5. The highest BCUT2D eigenvalue weighted by molar-refractivity contribution is 6.11. The van der Waals surface area contributed by atoms with Crippen LogP contribution >= 0.6 is 0 Å². The molecule has 11 heteroatoms. The molecule has 0 radical (unpaired) electrons. The van der Waals surface area contributed by atoms with Gasteiger partial charge in [0, 0.05) is 6.07 Å². The van der Waals surface area contributed by atoms with Gasteiger partial charge in [0.2, 0.25) is 0 Å². The number of hydrogen-bond donors (Lipinski definition) is 1. The van der Waals surface area contributed by atoms with E-state index >= 15 is 4.79 Å². The first-order valence-corrected chi connectivity index (χ1v) is 29.6. The van der Waals surface area contributed by atoms with Crippen molar-refractivity contribution in [2.75, 3.05) is 6.61 Å². The van der Waals surface area contributed by atoms with Crippen LogP contribution < -0.4 is 18.9 Å². The summed E-state index contributed by atoms with van der Waals surface area (Å²) in [6.07, 6.45) is -1.64. The summed E-state index contributed by atoms with van der Waals surface area (Å²) in [5, 5.41) is 13.5. The van der Waals surface area contributed by atoms with Gasteiger partial charge in [-0.3, -0.25) is 4.79 Å². The quantitative estimate of drug-likeness (QED) is 0.0356. The lowest BCUT2D eigenvalue weighted by molar-refractivity contribution is -0.275. The van der Waals surface area contributed by atoms with Gasteiger partial charge in [-0.1, -0.05) is 255 Å². The number of aromatic hydroxyl groups is 1. The number of carbonyl (C=O) groups excluding carboxylic acids is 1. The minimum absolute atomic E-state index is 0.0440. The van der Waals surface area contributed by atoms with Gasteiger partial charge in [0.15, 0.2) is 17.3 Å². The van der Waals surface area contributed by atoms with Crippen molar-refractivity contribution in [1.29, 1.82) is 0 Å². The van der Waals surface area contributed by atoms with E-state index in [0.29, 0.717) is 23.7 Å². The molecule has 88 heavy (non-hydrogen) atoms. The van der Waals surface area contributed by atoms with Crippen LogP contribution in [-0.4, -0.2) is 41.9 Å². The molecule has 0 aromatic heterocycles. The molecule has 11 rings (SSSR count). The third-order valence-corrected chi connectivity index (χ3v) is 15.0. The Balaban J connectivity index is 1.04. The van der Waals surface area contributed by atoms with E-state index in [9.17, 15) is 5.11 Å². The van der Waals surface area contributed by atoms with Crippen molar-refractivity contribution in [3.8, 4) is 28.7 Å². The van der Waals surface area contributed by atoms with Gasteiger partial charge in [0.1, 0.15) is 79.8 Å². The van der Waals surface area contributed by atoms with Gasteiger partial charge in [0.05, 0.1) is 38.6 Å². The maximum absolute atomic E-state index is 15.5. The van der Waals surface area contributed by atoms with E-state index in [2.05, 4.69) is 0 Å². The lowest BCUT2D eigenvalue weighted by atomic mass is 9.87. The van der Waals surface area contributed by atoms with Crippen molar-refractivity contribution in [2.45, 2.75) is 83.4 Å². The Hall–Kier alpha value is -9.59. The number of ketones is 1. The minimum atomic E-state index is -1.19. The molecule has 1 aliphatic heterocycles. The van der Waals surface area contributed by atoms with Crippen LogP contribution in [0.4, 0.5) is 0 Å². The van der Waals surface area contributed by atoms with Gasteiger partial charge >= 0.3 is 0 Å². The monoisotopic (exact) mass is 1170 g/mol. The highest BCUT2D eigenvalue weighted by Gasteiger charge is 2.51. The zero-order valence-electron chi connectivity index (χ0n) is 48.8. The highest BCUT2D eigenvalue weighted by Crippen LogP contribution is 2.49. The van der Waals surface area contributed by atoms with E-state index < -0.39 is 42.1 Å². The minimum Gasteiger partial charge on any atom is -0.506 e. The van der Waals surface area contributed by atoms with Gasteiger partial charge in [0.25, 0.3) is 0 Å². The Kier molecular flexibility index (Phi) is 21.3. The fourth-order valence-corrected chi connectivity index (χ4v) is 10.5. The van der Waals surface area contributed by atoms with Crippen LogP contribution in [0.15, 0.2) is 273 Å². The van der Waals surface area contributed by atoms with Gasteiger partial charge in [-0.25, -0.2) is 0 Å². The lowest BCUT2D eigenvalue weighted by Gasteiger charge is -2.46. The zero-order valence-corrected chi connectivity index (χ0v) is 48.8. The van der Waals surface area contributed by atoms with Crippen LogP contribution in [0, 0.1) is 0 Å². The van der Waals surface area contributed by atoms with Gasteiger partial charge in [-0.15, -0.1) is 0 Å². The molecule has 0 unspecified atom stereocenters. The molecule has 5 atom stereocenters. The summed E-state index contributed by atoms with van der Waals surface area (Å²) in [6, 6.07) is 85.9. The summed E-state index contributed by atoms with van der Waals surface area (Å²) >= 11 is 0. The Morgan fingerprint density at radius 2 is 0.739 bits per heavy atom. The second-order valence-electron chi connectivity index (χ2n) is 21.4. The molecule has 444 valence electrons. The molecule has 1 saturated heterocycles. The molecule has 0 saturated carbocycles. The van der Waals surface area contributed by atoms with Crippen LogP contribution in [0.5, 0.6) is 28.7 Å². The molecule has 0 bridgehead atoms. The van der Waals surface area contributed by atoms with Crippen molar-refractivity contribution in [3.63, 3.8) is 0 Å². The van der Waals surface area contributed by atoms with Crippen LogP contribution in [0.3, 0.4) is 0 Å². The van der Waals surface area contributed by atoms with E-state index in [1.54, 1.807) is 12.1 Å². The van der Waals surface area contributed by atoms with Gasteiger partial charge in [-0.05, 0) is 68.3 Å². The van der Waals surface area contributed by atoms with E-state index in [4.69, 9.17) is 42.6 Å². The number of carbonyl (C=O) groups is 1. The van der Waals surface area contributed by atoms with Crippen LogP contribution in [0.1, 0.15) is 72.1 Å². The van der Waals surface area contributed by atoms with E-state index in [0.717, 1.165) is 44.5 Å². The van der Waals surface area contributed by atoms with Crippen molar-refractivity contribution in [2.24, 2.45) is 0 Å². The first-order valence-electron chi connectivity index (χ1n) is 29.6. The predicted octanol–water partition coefficient (Wildman–Crippen LogP) is 16.0. The fourth-order valence-electron chi connectivity index (χ4n) is 10.5. The zero-order chi connectivity index (χ0) is 60.0. The summed E-state index contributed by atoms with van der Waals surface area (Å²) in [7, 11) is 0. The Morgan fingerprint density at radius 1 is 0.375 bits per heavy atom. The first-order chi connectivity index (χ1) is 43.5. The topological polar surface area (TPSA) is 120 Å². The number of phenolic OH excluding ortho intramolecular Hbond substituents is 1. The molecule has 11 nitrogen and oxygen atoms in total. The lowest BCUT2D eigenvalue weighted by Crippen LogP contribution is -2.58. The summed E-state index contributed by atoms with van der Waals surface area (Å²) < 4.78 is 61.8.